The molecule has 0 aliphatic heterocycles. The zero-order valence-corrected chi connectivity index (χ0v) is 14.5. The van der Waals surface area contributed by atoms with Crippen LogP contribution in [0.3, 0.4) is 0 Å². The predicted molar refractivity (Wildman–Crippen MR) is 89.5 cm³/mol. The lowest BCUT2D eigenvalue weighted by Gasteiger charge is -2.25. The van der Waals surface area contributed by atoms with E-state index in [1.807, 2.05) is 4.68 Å². The molecule has 1 aromatic carbocycles. The van der Waals surface area contributed by atoms with E-state index in [0.29, 0.717) is 11.7 Å². The van der Waals surface area contributed by atoms with Gasteiger partial charge in [0.15, 0.2) is 5.82 Å². The quantitative estimate of drug-likeness (QED) is 0.713. The molecule has 1 atom stereocenters. The van der Waals surface area contributed by atoms with Crippen molar-refractivity contribution in [2.24, 2.45) is 0 Å². The summed E-state index contributed by atoms with van der Waals surface area (Å²) in [4.78, 5) is 4.51. The average molecular weight is 341 g/mol. The van der Waals surface area contributed by atoms with Crippen LogP contribution < -0.4 is 0 Å². The van der Waals surface area contributed by atoms with Gasteiger partial charge in [0.05, 0.1) is 16.9 Å². The lowest BCUT2D eigenvalue weighted by molar-refractivity contribution is 0.331. The van der Waals surface area contributed by atoms with E-state index in [4.69, 9.17) is 4.52 Å². The molecule has 2 aromatic heterocycles. The zero-order chi connectivity index (χ0) is 17.6. The number of rotatable bonds is 2. The maximum Gasteiger partial charge on any atom is 0.257 e. The number of benzene rings is 1. The Hall–Kier alpha value is -2.57. The molecule has 0 radical (unpaired) electrons. The Labute approximate surface area is 145 Å². The van der Waals surface area contributed by atoms with Gasteiger partial charge in [-0.1, -0.05) is 10.4 Å². The van der Waals surface area contributed by atoms with E-state index in [2.05, 4.69) is 41.2 Å². The van der Waals surface area contributed by atoms with E-state index in [0.717, 1.165) is 30.5 Å². The van der Waals surface area contributed by atoms with Crippen LogP contribution >= 0.6 is 0 Å². The van der Waals surface area contributed by atoms with Crippen molar-refractivity contribution in [1.82, 2.24) is 25.1 Å². The molecule has 1 aliphatic carbocycles. The maximum absolute atomic E-state index is 13.0. The van der Waals surface area contributed by atoms with Crippen molar-refractivity contribution in [2.45, 2.75) is 51.5 Å². The largest absolute Gasteiger partial charge is 0.334 e. The highest BCUT2D eigenvalue weighted by Gasteiger charge is 2.31. The molecule has 0 bridgehead atoms. The summed E-state index contributed by atoms with van der Waals surface area (Å²) in [6.07, 6.45) is 2.58. The van der Waals surface area contributed by atoms with Gasteiger partial charge < -0.3 is 4.52 Å². The van der Waals surface area contributed by atoms with Gasteiger partial charge in [0.25, 0.3) is 5.89 Å². The van der Waals surface area contributed by atoms with E-state index in [1.165, 1.54) is 17.8 Å². The van der Waals surface area contributed by atoms with Crippen LogP contribution in [0.25, 0.3) is 11.5 Å². The molecular weight excluding hydrogens is 321 g/mol. The first-order valence-corrected chi connectivity index (χ1v) is 8.45. The van der Waals surface area contributed by atoms with Gasteiger partial charge in [-0.3, -0.25) is 0 Å². The summed E-state index contributed by atoms with van der Waals surface area (Å²) in [5, 5.41) is 12.8. The highest BCUT2D eigenvalue weighted by molar-refractivity contribution is 5.52. The summed E-state index contributed by atoms with van der Waals surface area (Å²) in [6.45, 7) is 6.38. The lowest BCUT2D eigenvalue weighted by atomic mass is 9.88. The van der Waals surface area contributed by atoms with Crippen LogP contribution in [0.2, 0.25) is 0 Å². The van der Waals surface area contributed by atoms with Crippen LogP contribution in [0.4, 0.5) is 4.39 Å². The van der Waals surface area contributed by atoms with Gasteiger partial charge >= 0.3 is 0 Å². The smallest absolute Gasteiger partial charge is 0.257 e. The first kappa shape index (κ1) is 15.9. The molecule has 0 N–H and O–H groups in total. The molecule has 0 spiro atoms. The summed E-state index contributed by atoms with van der Waals surface area (Å²) < 4.78 is 20.4. The van der Waals surface area contributed by atoms with Crippen LogP contribution in [0, 0.1) is 5.82 Å². The van der Waals surface area contributed by atoms with Gasteiger partial charge in [0, 0.05) is 17.9 Å². The van der Waals surface area contributed by atoms with Crippen molar-refractivity contribution in [2.75, 3.05) is 0 Å². The molecule has 0 saturated heterocycles. The number of halogens is 1. The third kappa shape index (κ3) is 2.94. The SMILES string of the molecule is CC(C)(C)n1nnc2c1CCC(c1noc(-c3ccc(F)cc3)n1)C2. The second kappa shape index (κ2) is 5.75. The second-order valence-corrected chi connectivity index (χ2v) is 7.47. The third-order valence-corrected chi connectivity index (χ3v) is 4.55. The minimum atomic E-state index is -0.287. The van der Waals surface area contributed by atoms with E-state index >= 15 is 0 Å². The van der Waals surface area contributed by atoms with Crippen LogP contribution in [0.5, 0.6) is 0 Å². The fourth-order valence-electron chi connectivity index (χ4n) is 3.26. The second-order valence-electron chi connectivity index (χ2n) is 7.47. The lowest BCUT2D eigenvalue weighted by Crippen LogP contribution is -2.27. The molecule has 6 nitrogen and oxygen atoms in total. The first-order valence-electron chi connectivity index (χ1n) is 8.45. The Bertz CT molecular complexity index is 891. The highest BCUT2D eigenvalue weighted by atomic mass is 19.1. The topological polar surface area (TPSA) is 69.6 Å². The van der Waals surface area contributed by atoms with Crippen molar-refractivity contribution in [1.29, 1.82) is 0 Å². The predicted octanol–water partition coefficient (Wildman–Crippen LogP) is 3.49. The summed E-state index contributed by atoms with van der Waals surface area (Å²) in [5.41, 5.74) is 2.86. The number of fused-ring (bicyclic) bond motifs is 1. The Morgan fingerprint density at radius 2 is 1.96 bits per heavy atom. The Kier molecular flexibility index (Phi) is 3.67. The third-order valence-electron chi connectivity index (χ3n) is 4.55. The standard InChI is InChI=1S/C18H20FN5O/c1-18(2,3)24-15-9-6-12(10-14(15)21-23-24)16-20-17(25-22-16)11-4-7-13(19)8-5-11/h4-5,7-8,12H,6,9-10H2,1-3H3. The first-order chi connectivity index (χ1) is 11.9. The normalized spacial score (nSPS) is 17.5. The minimum absolute atomic E-state index is 0.0741. The van der Waals surface area contributed by atoms with Gasteiger partial charge in [-0.05, 0) is 57.9 Å². The summed E-state index contributed by atoms with van der Waals surface area (Å²) in [6, 6.07) is 6.05. The van der Waals surface area contributed by atoms with Gasteiger partial charge in [-0.2, -0.15) is 4.98 Å². The van der Waals surface area contributed by atoms with Crippen LogP contribution in [-0.2, 0) is 18.4 Å². The van der Waals surface area contributed by atoms with Crippen molar-refractivity contribution in [3.8, 4) is 11.5 Å². The van der Waals surface area contributed by atoms with Crippen molar-refractivity contribution >= 4 is 0 Å². The molecule has 25 heavy (non-hydrogen) atoms. The summed E-state index contributed by atoms with van der Waals surface area (Å²) in [5.74, 6) is 0.968. The van der Waals surface area contributed by atoms with E-state index in [-0.39, 0.29) is 17.3 Å². The van der Waals surface area contributed by atoms with E-state index < -0.39 is 0 Å². The molecule has 3 aromatic rings. The molecular formula is C18H20FN5O. The van der Waals surface area contributed by atoms with Gasteiger partial charge in [-0.25, -0.2) is 9.07 Å². The molecule has 0 amide bonds. The number of aromatic nitrogens is 5. The molecule has 0 fully saturated rings. The molecule has 4 rings (SSSR count). The fraction of sp³-hybridized carbons (Fsp3) is 0.444. The minimum Gasteiger partial charge on any atom is -0.334 e. The molecule has 1 unspecified atom stereocenters. The van der Waals surface area contributed by atoms with Crippen LogP contribution in [0.15, 0.2) is 28.8 Å². The van der Waals surface area contributed by atoms with Crippen LogP contribution in [0.1, 0.15) is 50.3 Å². The molecule has 2 heterocycles. The molecule has 7 heteroatoms. The van der Waals surface area contributed by atoms with Crippen molar-refractivity contribution in [3.05, 3.63) is 47.3 Å². The maximum atomic E-state index is 13.0. The number of nitrogens with zero attached hydrogens (tertiary/aromatic N) is 5. The van der Waals surface area contributed by atoms with E-state index in [9.17, 15) is 4.39 Å². The number of hydrogen-bond acceptors (Lipinski definition) is 5. The zero-order valence-electron chi connectivity index (χ0n) is 14.5. The van der Waals surface area contributed by atoms with Gasteiger partial charge in [-0.15, -0.1) is 5.10 Å². The average Bonchev–Trinajstić information content (AvgIpc) is 3.21. The Morgan fingerprint density at radius 3 is 2.68 bits per heavy atom. The fourth-order valence-corrected chi connectivity index (χ4v) is 3.26. The molecule has 130 valence electrons. The van der Waals surface area contributed by atoms with Crippen LogP contribution in [-0.4, -0.2) is 25.1 Å². The van der Waals surface area contributed by atoms with Crippen molar-refractivity contribution < 1.29 is 8.91 Å². The van der Waals surface area contributed by atoms with Crippen molar-refractivity contribution in [3.63, 3.8) is 0 Å². The van der Waals surface area contributed by atoms with E-state index in [1.54, 1.807) is 12.1 Å². The Balaban J connectivity index is 1.57. The monoisotopic (exact) mass is 341 g/mol. The summed E-state index contributed by atoms with van der Waals surface area (Å²) >= 11 is 0. The highest BCUT2D eigenvalue weighted by Crippen LogP contribution is 2.33. The van der Waals surface area contributed by atoms with Gasteiger partial charge in [0.1, 0.15) is 5.82 Å². The Morgan fingerprint density at radius 1 is 1.20 bits per heavy atom. The van der Waals surface area contributed by atoms with Gasteiger partial charge in [0.2, 0.25) is 0 Å². The number of hydrogen-bond donors (Lipinski definition) is 0. The molecule has 0 saturated carbocycles. The molecule has 1 aliphatic rings. The summed E-state index contributed by atoms with van der Waals surface area (Å²) in [7, 11) is 0.